The molecule has 0 saturated heterocycles. The molecule has 0 atom stereocenters. The lowest BCUT2D eigenvalue weighted by molar-refractivity contribution is -0.141. The van der Waals surface area contributed by atoms with Gasteiger partial charge in [0.25, 0.3) is 0 Å². The van der Waals surface area contributed by atoms with Crippen LogP contribution in [0, 0.1) is 6.92 Å². The fourth-order valence-electron chi connectivity index (χ4n) is 2.38. The number of anilines is 3. The van der Waals surface area contributed by atoms with Crippen molar-refractivity contribution in [2.75, 3.05) is 10.6 Å². The Balaban J connectivity index is 2.49. The molecule has 0 bridgehead atoms. The van der Waals surface area contributed by atoms with Crippen LogP contribution in [0.3, 0.4) is 0 Å². The molecule has 2 aromatic rings. The second-order valence-corrected chi connectivity index (χ2v) is 6.92. The van der Waals surface area contributed by atoms with Crippen molar-refractivity contribution in [3.63, 3.8) is 0 Å². The summed E-state index contributed by atoms with van der Waals surface area (Å²) in [5, 5.41) is 5.94. The van der Waals surface area contributed by atoms with Crippen LogP contribution in [0.2, 0.25) is 0 Å². The summed E-state index contributed by atoms with van der Waals surface area (Å²) in [6.45, 7) is 9.40. The van der Waals surface area contributed by atoms with Crippen LogP contribution in [0.5, 0.6) is 0 Å². The number of aromatic nitrogens is 2. The summed E-state index contributed by atoms with van der Waals surface area (Å²) in [5.41, 5.74) is 1.29. The van der Waals surface area contributed by atoms with E-state index < -0.39 is 17.4 Å². The average Bonchev–Trinajstić information content (AvgIpc) is 2.46. The number of alkyl halides is 3. The van der Waals surface area contributed by atoms with Crippen molar-refractivity contribution >= 4 is 17.5 Å². The van der Waals surface area contributed by atoms with Crippen molar-refractivity contribution < 1.29 is 13.2 Å². The van der Waals surface area contributed by atoms with Crippen molar-refractivity contribution in [3.05, 3.63) is 41.1 Å². The van der Waals surface area contributed by atoms with Crippen LogP contribution in [0.15, 0.2) is 24.3 Å². The summed E-state index contributed by atoms with van der Waals surface area (Å²) in [7, 11) is 0. The van der Waals surface area contributed by atoms with Gasteiger partial charge in [0.1, 0.15) is 5.82 Å². The molecule has 0 aliphatic carbocycles. The van der Waals surface area contributed by atoms with E-state index >= 15 is 0 Å². The predicted molar refractivity (Wildman–Crippen MR) is 94.2 cm³/mol. The van der Waals surface area contributed by atoms with Gasteiger partial charge in [-0.3, -0.25) is 0 Å². The minimum absolute atomic E-state index is 0.0588. The summed E-state index contributed by atoms with van der Waals surface area (Å²) in [6.07, 6.45) is -3.79. The largest absolute Gasteiger partial charge is 0.433 e. The van der Waals surface area contributed by atoms with Crippen LogP contribution in [-0.4, -0.2) is 15.5 Å². The first-order valence-corrected chi connectivity index (χ1v) is 8.09. The van der Waals surface area contributed by atoms with E-state index in [0.717, 1.165) is 29.3 Å². The standard InChI is InChI=1S/C18H23F3N4/c1-6-12-9-7-8-11(2)15(12)23-14-10-13(18(19,20)21)22-16(24-14)25-17(3,4)5/h7-10H,6H2,1-5H3,(H2,22,23,24,25). The lowest BCUT2D eigenvalue weighted by Gasteiger charge is -2.22. The van der Waals surface area contributed by atoms with Crippen LogP contribution in [0.4, 0.5) is 30.6 Å². The fourth-order valence-corrected chi connectivity index (χ4v) is 2.38. The molecule has 25 heavy (non-hydrogen) atoms. The van der Waals surface area contributed by atoms with E-state index in [-0.39, 0.29) is 11.8 Å². The van der Waals surface area contributed by atoms with Gasteiger partial charge in [-0.05, 0) is 45.2 Å². The van der Waals surface area contributed by atoms with Crippen LogP contribution in [0.1, 0.15) is 44.5 Å². The lowest BCUT2D eigenvalue weighted by Crippen LogP contribution is -2.28. The number of aryl methyl sites for hydroxylation is 2. The Hall–Kier alpha value is -2.31. The topological polar surface area (TPSA) is 49.8 Å². The van der Waals surface area contributed by atoms with Crippen molar-refractivity contribution in [1.82, 2.24) is 9.97 Å². The van der Waals surface area contributed by atoms with E-state index in [1.54, 1.807) is 0 Å². The molecule has 2 rings (SSSR count). The average molecular weight is 352 g/mol. The minimum Gasteiger partial charge on any atom is -0.350 e. The first-order chi connectivity index (χ1) is 11.5. The number of nitrogens with one attached hydrogen (secondary N) is 2. The number of rotatable bonds is 4. The van der Waals surface area contributed by atoms with Gasteiger partial charge in [0.15, 0.2) is 5.69 Å². The number of hydrogen-bond acceptors (Lipinski definition) is 4. The fraction of sp³-hybridized carbons (Fsp3) is 0.444. The summed E-state index contributed by atoms with van der Waals surface area (Å²) in [6, 6.07) is 6.70. The Bertz CT molecular complexity index is 749. The molecule has 2 N–H and O–H groups in total. The Morgan fingerprint density at radius 3 is 2.32 bits per heavy atom. The summed E-state index contributed by atoms with van der Waals surface area (Å²) in [5.74, 6) is 0.0505. The second kappa shape index (κ2) is 6.90. The van der Waals surface area contributed by atoms with Gasteiger partial charge in [-0.25, -0.2) is 4.98 Å². The van der Waals surface area contributed by atoms with E-state index in [9.17, 15) is 13.2 Å². The number of para-hydroxylation sites is 1. The third kappa shape index (κ3) is 5.08. The van der Waals surface area contributed by atoms with E-state index in [0.29, 0.717) is 0 Å². The highest BCUT2D eigenvalue weighted by molar-refractivity contribution is 5.65. The molecule has 0 saturated carbocycles. The van der Waals surface area contributed by atoms with E-state index in [4.69, 9.17) is 0 Å². The zero-order chi connectivity index (χ0) is 18.8. The zero-order valence-corrected chi connectivity index (χ0v) is 15.0. The molecule has 0 spiro atoms. The number of hydrogen-bond donors (Lipinski definition) is 2. The molecule has 0 radical (unpaired) electrons. The Morgan fingerprint density at radius 1 is 1.08 bits per heavy atom. The molecule has 0 unspecified atom stereocenters. The molecule has 0 fully saturated rings. The highest BCUT2D eigenvalue weighted by Crippen LogP contribution is 2.32. The highest BCUT2D eigenvalue weighted by atomic mass is 19.4. The Kier molecular flexibility index (Phi) is 5.25. The molecular weight excluding hydrogens is 329 g/mol. The molecule has 1 aromatic heterocycles. The smallest absolute Gasteiger partial charge is 0.350 e. The predicted octanol–water partition coefficient (Wildman–Crippen LogP) is 5.32. The van der Waals surface area contributed by atoms with Gasteiger partial charge in [0.2, 0.25) is 5.95 Å². The molecule has 4 nitrogen and oxygen atoms in total. The van der Waals surface area contributed by atoms with Crippen LogP contribution in [-0.2, 0) is 12.6 Å². The molecule has 0 aliphatic rings. The lowest BCUT2D eigenvalue weighted by atomic mass is 10.1. The quantitative estimate of drug-likeness (QED) is 0.782. The van der Waals surface area contributed by atoms with Crippen LogP contribution >= 0.6 is 0 Å². The first kappa shape index (κ1) is 19.0. The van der Waals surface area contributed by atoms with E-state index in [1.165, 1.54) is 0 Å². The van der Waals surface area contributed by atoms with Crippen LogP contribution < -0.4 is 10.6 Å². The molecule has 136 valence electrons. The van der Waals surface area contributed by atoms with Crippen molar-refractivity contribution in [2.24, 2.45) is 0 Å². The van der Waals surface area contributed by atoms with Crippen LogP contribution in [0.25, 0.3) is 0 Å². The maximum absolute atomic E-state index is 13.2. The maximum Gasteiger partial charge on any atom is 0.433 e. The summed E-state index contributed by atoms with van der Waals surface area (Å²) < 4.78 is 39.6. The normalized spacial score (nSPS) is 12.2. The van der Waals surface area contributed by atoms with Gasteiger partial charge in [-0.2, -0.15) is 18.2 Å². The highest BCUT2D eigenvalue weighted by Gasteiger charge is 2.34. The molecule has 1 aromatic carbocycles. The molecule has 0 amide bonds. The number of halogens is 3. The summed E-state index contributed by atoms with van der Waals surface area (Å²) in [4.78, 5) is 7.82. The number of benzene rings is 1. The van der Waals surface area contributed by atoms with Gasteiger partial charge in [-0.1, -0.05) is 25.1 Å². The van der Waals surface area contributed by atoms with Gasteiger partial charge >= 0.3 is 6.18 Å². The minimum atomic E-state index is -4.55. The van der Waals surface area contributed by atoms with E-state index in [1.807, 2.05) is 52.8 Å². The van der Waals surface area contributed by atoms with Crippen molar-refractivity contribution in [3.8, 4) is 0 Å². The maximum atomic E-state index is 13.2. The molecule has 7 heteroatoms. The SMILES string of the molecule is CCc1cccc(C)c1Nc1cc(C(F)(F)F)nc(NC(C)(C)C)n1. The van der Waals surface area contributed by atoms with E-state index in [2.05, 4.69) is 20.6 Å². The molecule has 0 aliphatic heterocycles. The third-order valence-corrected chi connectivity index (χ3v) is 3.50. The van der Waals surface area contributed by atoms with Gasteiger partial charge in [0.05, 0.1) is 0 Å². The third-order valence-electron chi connectivity index (χ3n) is 3.50. The zero-order valence-electron chi connectivity index (χ0n) is 15.0. The Labute approximate surface area is 145 Å². The number of nitrogens with zero attached hydrogens (tertiary/aromatic N) is 2. The second-order valence-electron chi connectivity index (χ2n) is 6.92. The first-order valence-electron chi connectivity index (χ1n) is 8.09. The molecule has 1 heterocycles. The van der Waals surface area contributed by atoms with Gasteiger partial charge in [0, 0.05) is 17.3 Å². The van der Waals surface area contributed by atoms with Crippen molar-refractivity contribution in [2.45, 2.75) is 52.8 Å². The Morgan fingerprint density at radius 2 is 1.76 bits per heavy atom. The monoisotopic (exact) mass is 352 g/mol. The molecular formula is C18H23F3N4. The van der Waals surface area contributed by atoms with Gasteiger partial charge < -0.3 is 10.6 Å². The van der Waals surface area contributed by atoms with Gasteiger partial charge in [-0.15, -0.1) is 0 Å². The summed E-state index contributed by atoms with van der Waals surface area (Å²) >= 11 is 0. The van der Waals surface area contributed by atoms with Crippen molar-refractivity contribution in [1.29, 1.82) is 0 Å².